The summed E-state index contributed by atoms with van der Waals surface area (Å²) in [5.41, 5.74) is 2.36. The number of fused-ring (bicyclic) bond motifs is 2. The van der Waals surface area contributed by atoms with E-state index >= 15 is 0 Å². The van der Waals surface area contributed by atoms with E-state index in [-0.39, 0.29) is 23.5 Å². The Morgan fingerprint density at radius 3 is 1.58 bits per heavy atom. The molecule has 5 rings (SSSR count). The predicted octanol–water partition coefficient (Wildman–Crippen LogP) is 1.84. The maximum Gasteiger partial charge on any atom is 0.139 e. The summed E-state index contributed by atoms with van der Waals surface area (Å²) in [6, 6.07) is 8.61. The Hall–Kier alpha value is -1.02. The van der Waals surface area contributed by atoms with Crippen molar-refractivity contribution in [1.82, 2.24) is 9.80 Å². The van der Waals surface area contributed by atoms with Crippen molar-refractivity contribution >= 4 is 0 Å². The fourth-order valence-electron chi connectivity index (χ4n) is 4.23. The summed E-state index contributed by atoms with van der Waals surface area (Å²) < 4.78 is 23.4. The lowest BCUT2D eigenvalue weighted by Gasteiger charge is -2.28. The molecule has 4 heterocycles. The molecule has 0 unspecified atom stereocenters. The van der Waals surface area contributed by atoms with Crippen molar-refractivity contribution in [2.24, 2.45) is 0 Å². The maximum absolute atomic E-state index is 6.04. The molecule has 0 spiro atoms. The molecular weight excluding hydrogens is 308 g/mol. The summed E-state index contributed by atoms with van der Waals surface area (Å²) >= 11 is 0. The van der Waals surface area contributed by atoms with Crippen molar-refractivity contribution in [2.75, 3.05) is 39.9 Å². The number of rotatable bonds is 2. The first-order valence-electron chi connectivity index (χ1n) is 8.61. The molecule has 0 saturated carbocycles. The zero-order valence-electron chi connectivity index (χ0n) is 14.2. The highest BCUT2D eigenvalue weighted by atomic mass is 16.6. The van der Waals surface area contributed by atoms with Gasteiger partial charge < -0.3 is 18.9 Å². The van der Waals surface area contributed by atoms with Crippen molar-refractivity contribution in [3.63, 3.8) is 0 Å². The van der Waals surface area contributed by atoms with Crippen LogP contribution in [0.5, 0.6) is 0 Å². The second-order valence-corrected chi connectivity index (χ2v) is 7.88. The molecule has 1 aromatic rings. The van der Waals surface area contributed by atoms with Crippen molar-refractivity contribution in [3.05, 3.63) is 35.4 Å². The molecule has 0 bridgehead atoms. The van der Waals surface area contributed by atoms with Gasteiger partial charge in [0.25, 0.3) is 0 Å². The molecule has 0 aromatic heterocycles. The summed E-state index contributed by atoms with van der Waals surface area (Å²) in [5.74, 6) is 0. The lowest BCUT2D eigenvalue weighted by molar-refractivity contribution is -0.00840. The third kappa shape index (κ3) is 2.11. The summed E-state index contributed by atoms with van der Waals surface area (Å²) in [6.07, 6.45) is -0.0344. The highest BCUT2D eigenvalue weighted by molar-refractivity contribution is 5.27. The van der Waals surface area contributed by atoms with Gasteiger partial charge in [0.05, 0.1) is 37.5 Å². The van der Waals surface area contributed by atoms with Crippen LogP contribution in [0.3, 0.4) is 0 Å². The molecule has 0 radical (unpaired) electrons. The first kappa shape index (κ1) is 15.3. The van der Waals surface area contributed by atoms with Gasteiger partial charge >= 0.3 is 0 Å². The van der Waals surface area contributed by atoms with Gasteiger partial charge in [0.2, 0.25) is 0 Å². The molecule has 0 aliphatic carbocycles. The van der Waals surface area contributed by atoms with Crippen LogP contribution in [0.2, 0.25) is 0 Å². The molecule has 4 atom stereocenters. The quantitative estimate of drug-likeness (QED) is 0.823. The SMILES string of the molecule is C[C@@]12COCN1[C@@H](c1ccc([C@H]3OC[C@]4(C)COCN34)cc1)OC2. The summed E-state index contributed by atoms with van der Waals surface area (Å²) in [7, 11) is 0. The topological polar surface area (TPSA) is 43.4 Å². The van der Waals surface area contributed by atoms with Gasteiger partial charge in [-0.05, 0) is 25.0 Å². The lowest BCUT2D eigenvalue weighted by Crippen LogP contribution is -2.40. The molecule has 1 aromatic carbocycles. The van der Waals surface area contributed by atoms with E-state index in [1.54, 1.807) is 0 Å². The summed E-state index contributed by atoms with van der Waals surface area (Å²) in [5, 5.41) is 0. The van der Waals surface area contributed by atoms with E-state index in [0.717, 1.165) is 13.2 Å². The van der Waals surface area contributed by atoms with Crippen LogP contribution in [0.15, 0.2) is 24.3 Å². The molecule has 130 valence electrons. The van der Waals surface area contributed by atoms with Gasteiger partial charge in [0.1, 0.15) is 25.9 Å². The van der Waals surface area contributed by atoms with Gasteiger partial charge in [-0.2, -0.15) is 0 Å². The lowest BCUT2D eigenvalue weighted by atomic mass is 10.0. The second-order valence-electron chi connectivity index (χ2n) is 7.88. The van der Waals surface area contributed by atoms with Crippen LogP contribution >= 0.6 is 0 Å². The third-order valence-electron chi connectivity index (χ3n) is 5.85. The number of ether oxygens (including phenoxy) is 4. The monoisotopic (exact) mass is 332 g/mol. The average molecular weight is 332 g/mol. The van der Waals surface area contributed by atoms with Crippen molar-refractivity contribution in [2.45, 2.75) is 37.4 Å². The van der Waals surface area contributed by atoms with Crippen LogP contribution < -0.4 is 0 Å². The Morgan fingerprint density at radius 2 is 1.17 bits per heavy atom. The molecule has 6 nitrogen and oxygen atoms in total. The van der Waals surface area contributed by atoms with E-state index in [4.69, 9.17) is 18.9 Å². The normalized spacial score (nSPS) is 42.6. The van der Waals surface area contributed by atoms with E-state index in [2.05, 4.69) is 47.9 Å². The summed E-state index contributed by atoms with van der Waals surface area (Å²) in [4.78, 5) is 4.61. The Morgan fingerprint density at radius 1 is 0.750 bits per heavy atom. The van der Waals surface area contributed by atoms with E-state index in [0.29, 0.717) is 26.7 Å². The van der Waals surface area contributed by atoms with Crippen molar-refractivity contribution in [1.29, 1.82) is 0 Å². The minimum absolute atomic E-state index is 0.00655. The molecular formula is C18H24N2O4. The van der Waals surface area contributed by atoms with Crippen LogP contribution in [0.4, 0.5) is 0 Å². The Balaban J connectivity index is 1.37. The number of hydrogen-bond acceptors (Lipinski definition) is 6. The molecule has 0 N–H and O–H groups in total. The fourth-order valence-corrected chi connectivity index (χ4v) is 4.23. The fraction of sp³-hybridized carbons (Fsp3) is 0.667. The Labute approximate surface area is 142 Å². The van der Waals surface area contributed by atoms with Crippen LogP contribution in [0, 0.1) is 0 Å². The Kier molecular flexibility index (Phi) is 3.33. The van der Waals surface area contributed by atoms with Gasteiger partial charge in [0, 0.05) is 0 Å². The molecule has 24 heavy (non-hydrogen) atoms. The zero-order valence-corrected chi connectivity index (χ0v) is 14.2. The minimum atomic E-state index is -0.0172. The number of hydrogen-bond donors (Lipinski definition) is 0. The highest BCUT2D eigenvalue weighted by Gasteiger charge is 2.50. The Bertz CT molecular complexity index is 583. The molecule has 0 amide bonds. The largest absolute Gasteiger partial charge is 0.364 e. The predicted molar refractivity (Wildman–Crippen MR) is 86.0 cm³/mol. The number of nitrogens with zero attached hydrogens (tertiary/aromatic N) is 2. The number of benzene rings is 1. The molecule has 4 saturated heterocycles. The van der Waals surface area contributed by atoms with Crippen LogP contribution in [-0.2, 0) is 18.9 Å². The van der Waals surface area contributed by atoms with Crippen molar-refractivity contribution in [3.8, 4) is 0 Å². The van der Waals surface area contributed by atoms with Gasteiger partial charge in [-0.1, -0.05) is 24.3 Å². The van der Waals surface area contributed by atoms with E-state index in [1.165, 1.54) is 11.1 Å². The van der Waals surface area contributed by atoms with Crippen molar-refractivity contribution < 1.29 is 18.9 Å². The minimum Gasteiger partial charge on any atom is -0.364 e. The summed E-state index contributed by atoms with van der Waals surface area (Å²) in [6.45, 7) is 8.60. The average Bonchev–Trinajstić information content (AvgIpc) is 3.27. The van der Waals surface area contributed by atoms with Crippen LogP contribution in [-0.4, -0.2) is 60.8 Å². The second kappa shape index (κ2) is 5.24. The smallest absolute Gasteiger partial charge is 0.139 e. The van der Waals surface area contributed by atoms with Crippen LogP contribution in [0.25, 0.3) is 0 Å². The third-order valence-corrected chi connectivity index (χ3v) is 5.85. The van der Waals surface area contributed by atoms with E-state index in [9.17, 15) is 0 Å². The van der Waals surface area contributed by atoms with Gasteiger partial charge in [-0.3, -0.25) is 0 Å². The molecule has 4 aliphatic heterocycles. The van der Waals surface area contributed by atoms with E-state index in [1.807, 2.05) is 0 Å². The maximum atomic E-state index is 6.04. The highest BCUT2D eigenvalue weighted by Crippen LogP contribution is 2.42. The molecule has 4 fully saturated rings. The van der Waals surface area contributed by atoms with Gasteiger partial charge in [-0.15, -0.1) is 0 Å². The standard InChI is InChI=1S/C18H24N2O4/c1-17-7-21-11-19(17)15(23-9-17)13-3-5-14(6-4-13)16-20-12-22-8-18(20,2)10-24-16/h3-6,15-16H,7-12H2,1-2H3/t15-,16-,17+,18+/m1/s1. The first-order valence-corrected chi connectivity index (χ1v) is 8.61. The van der Waals surface area contributed by atoms with E-state index < -0.39 is 0 Å². The van der Waals surface area contributed by atoms with Gasteiger partial charge in [-0.25, -0.2) is 9.80 Å². The van der Waals surface area contributed by atoms with Gasteiger partial charge in [0.15, 0.2) is 0 Å². The molecule has 4 aliphatic rings. The zero-order chi connectivity index (χ0) is 16.4. The molecule has 6 heteroatoms. The van der Waals surface area contributed by atoms with Crippen LogP contribution in [0.1, 0.15) is 37.4 Å². The first-order chi connectivity index (χ1) is 11.6.